The molecule has 114 valence electrons. The van der Waals surface area contributed by atoms with Crippen LogP contribution in [-0.2, 0) is 4.74 Å². The largest absolute Gasteiger partial charge is 0.379 e. The molecule has 0 saturated heterocycles. The topological polar surface area (TPSA) is 35.2 Å². The number of hydrogen-bond acceptors (Lipinski definition) is 2. The Morgan fingerprint density at radius 1 is 1.15 bits per heavy atom. The van der Waals surface area contributed by atoms with Crippen LogP contribution >= 0.6 is 0 Å². The number of ether oxygens (including phenoxy) is 1. The van der Waals surface area contributed by atoms with Crippen molar-refractivity contribution in [3.63, 3.8) is 0 Å². The smallest absolute Gasteiger partial charge is 0.0659 e. The lowest BCUT2D eigenvalue weighted by Gasteiger charge is -2.19. The summed E-state index contributed by atoms with van der Waals surface area (Å²) in [5.41, 5.74) is 10.00. The Hall–Kier alpha value is -0.860. The molecule has 2 N–H and O–H groups in total. The zero-order valence-corrected chi connectivity index (χ0v) is 13.6. The number of benzene rings is 1. The third-order valence-electron chi connectivity index (χ3n) is 4.03. The molecule has 0 amide bonds. The maximum absolute atomic E-state index is 6.27. The third-order valence-corrected chi connectivity index (χ3v) is 4.03. The highest BCUT2D eigenvalue weighted by Gasteiger charge is 2.11. The fourth-order valence-corrected chi connectivity index (χ4v) is 2.51. The van der Waals surface area contributed by atoms with Gasteiger partial charge in [-0.2, -0.15) is 0 Å². The molecule has 0 aliphatic carbocycles. The van der Waals surface area contributed by atoms with Crippen LogP contribution < -0.4 is 5.73 Å². The average molecular weight is 277 g/mol. The Kier molecular flexibility index (Phi) is 7.86. The van der Waals surface area contributed by atoms with Gasteiger partial charge < -0.3 is 10.5 Å². The van der Waals surface area contributed by atoms with E-state index in [4.69, 9.17) is 10.5 Å². The molecule has 0 fully saturated rings. The maximum Gasteiger partial charge on any atom is 0.0659 e. The fourth-order valence-electron chi connectivity index (χ4n) is 2.51. The minimum atomic E-state index is -0.0152. The maximum atomic E-state index is 6.27. The van der Waals surface area contributed by atoms with Crippen molar-refractivity contribution < 1.29 is 4.74 Å². The quantitative estimate of drug-likeness (QED) is 0.719. The van der Waals surface area contributed by atoms with Crippen LogP contribution in [0.3, 0.4) is 0 Å². The molecule has 0 aliphatic heterocycles. The van der Waals surface area contributed by atoms with Crippen LogP contribution in [0.15, 0.2) is 18.2 Å². The number of rotatable bonds is 9. The minimum Gasteiger partial charge on any atom is -0.379 e. The molecule has 1 aromatic carbocycles. The molecule has 2 atom stereocenters. The van der Waals surface area contributed by atoms with Gasteiger partial charge in [-0.3, -0.25) is 0 Å². The first kappa shape index (κ1) is 17.2. The van der Waals surface area contributed by atoms with Gasteiger partial charge in [0, 0.05) is 6.61 Å². The molecule has 2 heteroatoms. The van der Waals surface area contributed by atoms with Crippen molar-refractivity contribution >= 4 is 0 Å². The lowest BCUT2D eigenvalue weighted by Crippen LogP contribution is -2.20. The SMILES string of the molecule is CCCCC(CC)COCC(N)c1cc(C)ccc1C. The molecule has 2 nitrogen and oxygen atoms in total. The Morgan fingerprint density at radius 2 is 1.90 bits per heavy atom. The molecular weight excluding hydrogens is 246 g/mol. The van der Waals surface area contributed by atoms with Gasteiger partial charge in [0.1, 0.15) is 0 Å². The van der Waals surface area contributed by atoms with E-state index >= 15 is 0 Å². The summed E-state index contributed by atoms with van der Waals surface area (Å²) in [5.74, 6) is 0.681. The summed E-state index contributed by atoms with van der Waals surface area (Å²) in [5, 5.41) is 0. The summed E-state index contributed by atoms with van der Waals surface area (Å²) < 4.78 is 5.87. The number of hydrogen-bond donors (Lipinski definition) is 1. The van der Waals surface area contributed by atoms with Crippen LogP contribution in [0.25, 0.3) is 0 Å². The Morgan fingerprint density at radius 3 is 2.55 bits per heavy atom. The van der Waals surface area contributed by atoms with E-state index in [2.05, 4.69) is 45.9 Å². The van der Waals surface area contributed by atoms with Crippen molar-refractivity contribution in [1.82, 2.24) is 0 Å². The van der Waals surface area contributed by atoms with E-state index in [1.54, 1.807) is 0 Å². The summed E-state index contributed by atoms with van der Waals surface area (Å²) in [6.45, 7) is 10.2. The molecule has 2 unspecified atom stereocenters. The van der Waals surface area contributed by atoms with Crippen LogP contribution in [0.1, 0.15) is 62.3 Å². The molecule has 1 aromatic rings. The monoisotopic (exact) mass is 277 g/mol. The van der Waals surface area contributed by atoms with E-state index in [1.807, 2.05) is 0 Å². The molecule has 20 heavy (non-hydrogen) atoms. The van der Waals surface area contributed by atoms with E-state index < -0.39 is 0 Å². The Balaban J connectivity index is 2.42. The van der Waals surface area contributed by atoms with Gasteiger partial charge in [-0.05, 0) is 37.3 Å². The molecule has 1 rings (SSSR count). The van der Waals surface area contributed by atoms with E-state index in [0.29, 0.717) is 12.5 Å². The highest BCUT2D eigenvalue weighted by Crippen LogP contribution is 2.19. The van der Waals surface area contributed by atoms with Gasteiger partial charge in [0.25, 0.3) is 0 Å². The predicted molar refractivity (Wildman–Crippen MR) is 87.0 cm³/mol. The van der Waals surface area contributed by atoms with Crippen LogP contribution in [0.2, 0.25) is 0 Å². The second-order valence-electron chi connectivity index (χ2n) is 5.92. The summed E-state index contributed by atoms with van der Waals surface area (Å²) in [6.07, 6.45) is 5.02. The molecular formula is C18H31NO. The van der Waals surface area contributed by atoms with Crippen LogP contribution in [0, 0.1) is 19.8 Å². The molecule has 0 heterocycles. The van der Waals surface area contributed by atoms with Gasteiger partial charge in [0.15, 0.2) is 0 Å². The average Bonchev–Trinajstić information content (AvgIpc) is 2.45. The van der Waals surface area contributed by atoms with Gasteiger partial charge in [-0.25, -0.2) is 0 Å². The second-order valence-corrected chi connectivity index (χ2v) is 5.92. The lowest BCUT2D eigenvalue weighted by molar-refractivity contribution is 0.0836. The molecule has 0 bridgehead atoms. The minimum absolute atomic E-state index is 0.0152. The van der Waals surface area contributed by atoms with Gasteiger partial charge in [0.05, 0.1) is 12.6 Å². The summed E-state index contributed by atoms with van der Waals surface area (Å²) in [4.78, 5) is 0. The fraction of sp³-hybridized carbons (Fsp3) is 0.667. The molecule has 0 aliphatic rings. The Labute approximate surface area is 124 Å². The van der Waals surface area contributed by atoms with Gasteiger partial charge >= 0.3 is 0 Å². The lowest BCUT2D eigenvalue weighted by atomic mass is 9.99. The zero-order valence-electron chi connectivity index (χ0n) is 13.6. The predicted octanol–water partition coefficient (Wildman–Crippen LogP) is 4.54. The van der Waals surface area contributed by atoms with Gasteiger partial charge in [0.2, 0.25) is 0 Å². The Bertz CT molecular complexity index is 389. The number of aryl methyl sites for hydroxylation is 2. The normalized spacial score (nSPS) is 14.2. The van der Waals surface area contributed by atoms with Crippen molar-refractivity contribution in [2.45, 2.75) is 59.4 Å². The molecule has 0 spiro atoms. The third kappa shape index (κ3) is 5.64. The highest BCUT2D eigenvalue weighted by atomic mass is 16.5. The number of nitrogens with two attached hydrogens (primary N) is 1. The van der Waals surface area contributed by atoms with Gasteiger partial charge in [-0.15, -0.1) is 0 Å². The van der Waals surface area contributed by atoms with E-state index in [-0.39, 0.29) is 6.04 Å². The highest BCUT2D eigenvalue weighted by molar-refractivity contribution is 5.32. The standard InChI is InChI=1S/C18H31NO/c1-5-7-8-16(6-2)12-20-13-18(19)17-11-14(3)9-10-15(17)4/h9-11,16,18H,5-8,12-13,19H2,1-4H3. The molecule has 0 aromatic heterocycles. The van der Waals surface area contributed by atoms with Crippen LogP contribution in [0.4, 0.5) is 0 Å². The van der Waals surface area contributed by atoms with E-state index in [1.165, 1.54) is 42.4 Å². The number of unbranched alkanes of at least 4 members (excludes halogenated alkanes) is 1. The van der Waals surface area contributed by atoms with Crippen molar-refractivity contribution in [3.05, 3.63) is 34.9 Å². The van der Waals surface area contributed by atoms with Gasteiger partial charge in [-0.1, -0.05) is 56.9 Å². The van der Waals surface area contributed by atoms with Crippen molar-refractivity contribution in [1.29, 1.82) is 0 Å². The first-order valence-corrected chi connectivity index (χ1v) is 7.98. The second kappa shape index (κ2) is 9.15. The van der Waals surface area contributed by atoms with E-state index in [9.17, 15) is 0 Å². The molecule has 0 radical (unpaired) electrons. The van der Waals surface area contributed by atoms with E-state index in [0.717, 1.165) is 6.61 Å². The first-order valence-electron chi connectivity index (χ1n) is 7.98. The summed E-state index contributed by atoms with van der Waals surface area (Å²) in [7, 11) is 0. The van der Waals surface area contributed by atoms with Crippen molar-refractivity contribution in [2.24, 2.45) is 11.7 Å². The molecule has 0 saturated carbocycles. The summed E-state index contributed by atoms with van der Waals surface area (Å²) >= 11 is 0. The summed E-state index contributed by atoms with van der Waals surface area (Å²) in [6, 6.07) is 6.43. The van der Waals surface area contributed by atoms with Crippen LogP contribution in [0.5, 0.6) is 0 Å². The first-order chi connectivity index (χ1) is 9.58. The van der Waals surface area contributed by atoms with Crippen molar-refractivity contribution in [2.75, 3.05) is 13.2 Å². The zero-order chi connectivity index (χ0) is 15.0. The van der Waals surface area contributed by atoms with Crippen molar-refractivity contribution in [3.8, 4) is 0 Å². The van der Waals surface area contributed by atoms with Crippen LogP contribution in [-0.4, -0.2) is 13.2 Å².